The summed E-state index contributed by atoms with van der Waals surface area (Å²) in [6.45, 7) is 6.74. The molecule has 0 bridgehead atoms. The summed E-state index contributed by atoms with van der Waals surface area (Å²) in [5, 5.41) is 8.84. The zero-order valence-corrected chi connectivity index (χ0v) is 9.94. The molecule has 1 N–H and O–H groups in total. The van der Waals surface area contributed by atoms with Crippen molar-refractivity contribution >= 4 is 5.97 Å². The van der Waals surface area contributed by atoms with Crippen LogP contribution in [0, 0.1) is 5.41 Å². The summed E-state index contributed by atoms with van der Waals surface area (Å²) in [6, 6.07) is 0. The Morgan fingerprint density at radius 1 is 1.33 bits per heavy atom. The van der Waals surface area contributed by atoms with E-state index in [1.807, 2.05) is 0 Å². The molecule has 0 aromatic heterocycles. The van der Waals surface area contributed by atoms with Gasteiger partial charge in [-0.2, -0.15) is 0 Å². The van der Waals surface area contributed by atoms with Crippen LogP contribution >= 0.6 is 0 Å². The maximum Gasteiger partial charge on any atom is 0.311 e. The molecule has 0 heterocycles. The topological polar surface area (TPSA) is 65.0 Å². The number of hydrogen-bond donors (Lipinski definition) is 1. The number of methoxy groups -OCH3 is 1. The summed E-state index contributed by atoms with van der Waals surface area (Å²) >= 11 is 0. The first-order valence-electron chi connectivity index (χ1n) is 4.83. The number of carboxylic acid groups (broad SMARTS) is 1. The molecule has 0 rings (SSSR count). The van der Waals surface area contributed by atoms with Crippen molar-refractivity contribution < 1.29 is 24.1 Å². The van der Waals surface area contributed by atoms with Gasteiger partial charge in [0, 0.05) is 7.11 Å². The molecule has 5 nitrogen and oxygen atoms in total. The largest absolute Gasteiger partial charge is 0.481 e. The van der Waals surface area contributed by atoms with Crippen LogP contribution in [0.4, 0.5) is 0 Å². The second kappa shape index (κ2) is 6.05. The number of hydrogen-bond acceptors (Lipinski definition) is 4. The average molecular weight is 220 g/mol. The molecule has 2 atom stereocenters. The van der Waals surface area contributed by atoms with E-state index in [0.29, 0.717) is 0 Å². The molecular formula is C10H20O5. The summed E-state index contributed by atoms with van der Waals surface area (Å²) < 4.78 is 15.4. The highest BCUT2D eigenvalue weighted by atomic mass is 16.8. The lowest BCUT2D eigenvalue weighted by Crippen LogP contribution is -2.32. The fourth-order valence-electron chi connectivity index (χ4n) is 0.752. The van der Waals surface area contributed by atoms with Crippen LogP contribution in [-0.4, -0.2) is 37.4 Å². The predicted molar refractivity (Wildman–Crippen MR) is 54.4 cm³/mol. The number of carbonyl (C=O) groups is 1. The summed E-state index contributed by atoms with van der Waals surface area (Å²) in [7, 11) is 1.53. The molecule has 0 aromatic carbocycles. The van der Waals surface area contributed by atoms with E-state index < -0.39 is 17.7 Å². The lowest BCUT2D eigenvalue weighted by Gasteiger charge is -2.23. The van der Waals surface area contributed by atoms with Gasteiger partial charge in [-0.1, -0.05) is 0 Å². The quantitative estimate of drug-likeness (QED) is 0.658. The molecule has 5 heteroatoms. The van der Waals surface area contributed by atoms with E-state index in [9.17, 15) is 4.79 Å². The standard InChI is InChI=1S/C10H20O5/c1-7(13-5)15-8(2)14-6-10(3,4)9(11)12/h7-8H,6H2,1-5H3,(H,11,12). The predicted octanol–water partition coefficient (Wildman–Crippen LogP) is 1.47. The Morgan fingerprint density at radius 2 is 1.87 bits per heavy atom. The third kappa shape index (κ3) is 5.71. The minimum absolute atomic E-state index is 0.0972. The zero-order chi connectivity index (χ0) is 12.1. The molecule has 0 spiro atoms. The van der Waals surface area contributed by atoms with E-state index >= 15 is 0 Å². The van der Waals surface area contributed by atoms with Crippen LogP contribution in [0.5, 0.6) is 0 Å². The monoisotopic (exact) mass is 220 g/mol. The van der Waals surface area contributed by atoms with E-state index in [1.54, 1.807) is 27.7 Å². The van der Waals surface area contributed by atoms with Crippen molar-refractivity contribution in [2.24, 2.45) is 5.41 Å². The van der Waals surface area contributed by atoms with Crippen LogP contribution < -0.4 is 0 Å². The molecule has 0 amide bonds. The molecule has 0 saturated carbocycles. The van der Waals surface area contributed by atoms with Gasteiger partial charge in [0.15, 0.2) is 12.6 Å². The Hall–Kier alpha value is -0.650. The van der Waals surface area contributed by atoms with Crippen LogP contribution in [-0.2, 0) is 19.0 Å². The molecule has 0 radical (unpaired) electrons. The molecule has 0 saturated heterocycles. The number of carboxylic acids is 1. The maximum absolute atomic E-state index is 10.8. The lowest BCUT2D eigenvalue weighted by atomic mass is 9.95. The highest BCUT2D eigenvalue weighted by Gasteiger charge is 2.28. The molecule has 0 aliphatic heterocycles. The number of aliphatic carboxylic acids is 1. The van der Waals surface area contributed by atoms with Gasteiger partial charge < -0.3 is 19.3 Å². The zero-order valence-electron chi connectivity index (χ0n) is 9.94. The second-order valence-electron chi connectivity index (χ2n) is 4.01. The summed E-state index contributed by atoms with van der Waals surface area (Å²) in [5.41, 5.74) is -0.909. The second-order valence-corrected chi connectivity index (χ2v) is 4.01. The smallest absolute Gasteiger partial charge is 0.311 e. The van der Waals surface area contributed by atoms with Crippen LogP contribution in [0.2, 0.25) is 0 Å². The Kier molecular flexibility index (Phi) is 5.79. The lowest BCUT2D eigenvalue weighted by molar-refractivity contribution is -0.230. The summed E-state index contributed by atoms with van der Waals surface area (Å²) in [6.07, 6.45) is -0.855. The molecule has 0 fully saturated rings. The maximum atomic E-state index is 10.8. The molecular weight excluding hydrogens is 200 g/mol. The Labute approximate surface area is 90.3 Å². The third-order valence-electron chi connectivity index (χ3n) is 1.97. The Morgan fingerprint density at radius 3 is 2.27 bits per heavy atom. The minimum Gasteiger partial charge on any atom is -0.481 e. The van der Waals surface area contributed by atoms with Crippen LogP contribution in [0.25, 0.3) is 0 Å². The normalized spacial score (nSPS) is 16.1. The molecule has 0 aliphatic carbocycles. The molecule has 90 valence electrons. The van der Waals surface area contributed by atoms with Crippen LogP contribution in [0.3, 0.4) is 0 Å². The minimum atomic E-state index is -0.909. The Balaban J connectivity index is 3.90. The highest BCUT2D eigenvalue weighted by Crippen LogP contribution is 2.16. The van der Waals surface area contributed by atoms with Gasteiger partial charge in [0.25, 0.3) is 0 Å². The van der Waals surface area contributed by atoms with Gasteiger partial charge in [-0.05, 0) is 27.7 Å². The SMILES string of the molecule is COC(C)OC(C)OCC(C)(C)C(=O)O. The summed E-state index contributed by atoms with van der Waals surface area (Å²) in [5.74, 6) is -0.894. The van der Waals surface area contributed by atoms with Crippen molar-refractivity contribution in [1.82, 2.24) is 0 Å². The van der Waals surface area contributed by atoms with Gasteiger partial charge in [0.1, 0.15) is 0 Å². The average Bonchev–Trinajstić information content (AvgIpc) is 2.14. The van der Waals surface area contributed by atoms with Crippen molar-refractivity contribution in [3.63, 3.8) is 0 Å². The van der Waals surface area contributed by atoms with Gasteiger partial charge in [-0.3, -0.25) is 4.79 Å². The molecule has 0 aliphatic rings. The van der Waals surface area contributed by atoms with Gasteiger partial charge in [-0.15, -0.1) is 0 Å². The van der Waals surface area contributed by atoms with E-state index in [2.05, 4.69) is 0 Å². The molecule has 2 unspecified atom stereocenters. The van der Waals surface area contributed by atoms with E-state index in [4.69, 9.17) is 19.3 Å². The van der Waals surface area contributed by atoms with E-state index in [1.165, 1.54) is 7.11 Å². The Bertz CT molecular complexity index is 202. The van der Waals surface area contributed by atoms with Crippen LogP contribution in [0.1, 0.15) is 27.7 Å². The van der Waals surface area contributed by atoms with Gasteiger partial charge in [0.05, 0.1) is 12.0 Å². The van der Waals surface area contributed by atoms with Crippen molar-refractivity contribution in [2.75, 3.05) is 13.7 Å². The first kappa shape index (κ1) is 14.3. The summed E-state index contributed by atoms with van der Waals surface area (Å²) in [4.78, 5) is 10.8. The first-order chi connectivity index (χ1) is 6.79. The highest BCUT2D eigenvalue weighted by molar-refractivity contribution is 5.73. The van der Waals surface area contributed by atoms with E-state index in [0.717, 1.165) is 0 Å². The third-order valence-corrected chi connectivity index (χ3v) is 1.97. The van der Waals surface area contributed by atoms with Crippen LogP contribution in [0.15, 0.2) is 0 Å². The van der Waals surface area contributed by atoms with Gasteiger partial charge in [-0.25, -0.2) is 0 Å². The number of ether oxygens (including phenoxy) is 3. The molecule has 0 aromatic rings. The van der Waals surface area contributed by atoms with Crippen molar-refractivity contribution in [2.45, 2.75) is 40.3 Å². The number of rotatable bonds is 7. The van der Waals surface area contributed by atoms with Gasteiger partial charge >= 0.3 is 5.97 Å². The fraction of sp³-hybridized carbons (Fsp3) is 0.900. The van der Waals surface area contributed by atoms with E-state index in [-0.39, 0.29) is 12.9 Å². The van der Waals surface area contributed by atoms with Crippen molar-refractivity contribution in [1.29, 1.82) is 0 Å². The first-order valence-corrected chi connectivity index (χ1v) is 4.83. The van der Waals surface area contributed by atoms with Gasteiger partial charge in [0.2, 0.25) is 0 Å². The van der Waals surface area contributed by atoms with Crippen molar-refractivity contribution in [3.05, 3.63) is 0 Å². The molecule has 15 heavy (non-hydrogen) atoms. The van der Waals surface area contributed by atoms with Crippen molar-refractivity contribution in [3.8, 4) is 0 Å². The fourth-order valence-corrected chi connectivity index (χ4v) is 0.752.